The quantitative estimate of drug-likeness (QED) is 0.801. The predicted octanol–water partition coefficient (Wildman–Crippen LogP) is 1.23. The van der Waals surface area contributed by atoms with E-state index in [1.807, 2.05) is 6.92 Å². The Morgan fingerprint density at radius 3 is 2.80 bits per heavy atom. The van der Waals surface area contributed by atoms with Crippen molar-refractivity contribution in [1.82, 2.24) is 14.9 Å². The van der Waals surface area contributed by atoms with Crippen molar-refractivity contribution >= 4 is 39.4 Å². The fourth-order valence-corrected chi connectivity index (χ4v) is 2.44. The second kappa shape index (κ2) is 6.17. The number of nitrogens with one attached hydrogen (secondary N) is 2. The number of halogens is 1. The van der Waals surface area contributed by atoms with Gasteiger partial charge in [0.25, 0.3) is 5.91 Å². The van der Waals surface area contributed by atoms with Crippen LogP contribution in [0.1, 0.15) is 19.8 Å². The zero-order chi connectivity index (χ0) is 14.7. The van der Waals surface area contributed by atoms with Crippen molar-refractivity contribution in [2.45, 2.75) is 25.8 Å². The largest absolute Gasteiger partial charge is 0.369 e. The average molecular weight is 342 g/mol. The molecule has 108 valence electrons. The maximum absolute atomic E-state index is 12.0. The number of piperidine rings is 1. The van der Waals surface area contributed by atoms with Gasteiger partial charge in [0, 0.05) is 20.0 Å². The van der Waals surface area contributed by atoms with Crippen LogP contribution in [0, 0.1) is 0 Å². The lowest BCUT2D eigenvalue weighted by Gasteiger charge is -2.28. The van der Waals surface area contributed by atoms with E-state index in [2.05, 4.69) is 36.5 Å². The molecule has 0 bridgehead atoms. The standard InChI is InChI=1S/C12H16BrN5O2/c1-3-14-10-9(13)11(16-6-15-10)17-7-4-5-8(19)18(2)12(7)20/h6-7H,3-5H2,1-2H3,(H2,14,15,16,17). The van der Waals surface area contributed by atoms with Crippen LogP contribution in [0.25, 0.3) is 0 Å². The summed E-state index contributed by atoms with van der Waals surface area (Å²) in [5.74, 6) is 0.814. The predicted molar refractivity (Wildman–Crippen MR) is 78.3 cm³/mol. The van der Waals surface area contributed by atoms with Crippen LogP contribution in [0.3, 0.4) is 0 Å². The Hall–Kier alpha value is -1.70. The van der Waals surface area contributed by atoms with Gasteiger partial charge in [-0.25, -0.2) is 9.97 Å². The van der Waals surface area contributed by atoms with Crippen molar-refractivity contribution in [2.75, 3.05) is 24.2 Å². The Labute approximate surface area is 125 Å². The minimum atomic E-state index is -0.446. The second-order valence-corrected chi connectivity index (χ2v) is 5.23. The van der Waals surface area contributed by atoms with Crippen LogP contribution in [-0.2, 0) is 9.59 Å². The van der Waals surface area contributed by atoms with Crippen molar-refractivity contribution in [3.63, 3.8) is 0 Å². The molecule has 20 heavy (non-hydrogen) atoms. The zero-order valence-electron chi connectivity index (χ0n) is 11.3. The molecule has 1 atom stereocenters. The number of rotatable bonds is 4. The van der Waals surface area contributed by atoms with E-state index in [0.29, 0.717) is 29.0 Å². The summed E-state index contributed by atoms with van der Waals surface area (Å²) in [5.41, 5.74) is 0. The number of nitrogens with zero attached hydrogens (tertiary/aromatic N) is 3. The molecule has 0 spiro atoms. The van der Waals surface area contributed by atoms with E-state index in [-0.39, 0.29) is 11.8 Å². The number of anilines is 2. The first-order valence-corrected chi connectivity index (χ1v) is 7.15. The molecule has 1 aromatic rings. The zero-order valence-corrected chi connectivity index (χ0v) is 12.9. The summed E-state index contributed by atoms with van der Waals surface area (Å²) in [5, 5.41) is 6.16. The number of carbonyl (C=O) groups excluding carboxylic acids is 2. The molecule has 0 radical (unpaired) electrons. The van der Waals surface area contributed by atoms with E-state index < -0.39 is 6.04 Å². The molecule has 0 aromatic carbocycles. The van der Waals surface area contributed by atoms with E-state index in [1.165, 1.54) is 13.4 Å². The van der Waals surface area contributed by atoms with Gasteiger partial charge in [-0.3, -0.25) is 14.5 Å². The van der Waals surface area contributed by atoms with E-state index in [9.17, 15) is 9.59 Å². The molecule has 8 heteroatoms. The van der Waals surface area contributed by atoms with Gasteiger partial charge in [0.15, 0.2) is 0 Å². The maximum Gasteiger partial charge on any atom is 0.251 e. The van der Waals surface area contributed by atoms with Crippen LogP contribution in [0.15, 0.2) is 10.8 Å². The highest BCUT2D eigenvalue weighted by Gasteiger charge is 2.32. The van der Waals surface area contributed by atoms with E-state index in [4.69, 9.17) is 0 Å². The van der Waals surface area contributed by atoms with Crippen molar-refractivity contribution in [1.29, 1.82) is 0 Å². The third-order valence-corrected chi connectivity index (χ3v) is 3.85. The van der Waals surface area contributed by atoms with Crippen LogP contribution < -0.4 is 10.6 Å². The minimum Gasteiger partial charge on any atom is -0.369 e. The minimum absolute atomic E-state index is 0.150. The number of amides is 2. The Bertz CT molecular complexity index is 537. The van der Waals surface area contributed by atoms with Gasteiger partial charge in [-0.1, -0.05) is 0 Å². The van der Waals surface area contributed by atoms with Crippen molar-refractivity contribution < 1.29 is 9.59 Å². The van der Waals surface area contributed by atoms with Crippen molar-refractivity contribution in [2.24, 2.45) is 0 Å². The van der Waals surface area contributed by atoms with Crippen LogP contribution in [-0.4, -0.2) is 46.3 Å². The third kappa shape index (κ3) is 2.90. The molecule has 1 fully saturated rings. The van der Waals surface area contributed by atoms with Gasteiger partial charge in [0.05, 0.1) is 0 Å². The maximum atomic E-state index is 12.0. The number of carbonyl (C=O) groups is 2. The SMILES string of the molecule is CCNc1ncnc(NC2CCC(=O)N(C)C2=O)c1Br. The van der Waals surface area contributed by atoms with Gasteiger partial charge in [0.2, 0.25) is 5.91 Å². The van der Waals surface area contributed by atoms with Crippen LogP contribution in [0.5, 0.6) is 0 Å². The summed E-state index contributed by atoms with van der Waals surface area (Å²) in [6.45, 7) is 2.70. The highest BCUT2D eigenvalue weighted by molar-refractivity contribution is 9.10. The van der Waals surface area contributed by atoms with Gasteiger partial charge in [0.1, 0.15) is 28.5 Å². The first-order chi connectivity index (χ1) is 9.54. The molecule has 2 N–H and O–H groups in total. The molecule has 0 saturated carbocycles. The highest BCUT2D eigenvalue weighted by Crippen LogP contribution is 2.28. The van der Waals surface area contributed by atoms with Gasteiger partial charge >= 0.3 is 0 Å². The number of hydrogen-bond donors (Lipinski definition) is 2. The molecule has 0 aliphatic carbocycles. The number of likely N-dealkylation sites (N-methyl/N-ethyl adjacent to an activating group) is 1. The molecule has 2 heterocycles. The lowest BCUT2D eigenvalue weighted by Crippen LogP contribution is -2.48. The van der Waals surface area contributed by atoms with Gasteiger partial charge < -0.3 is 10.6 Å². The topological polar surface area (TPSA) is 87.2 Å². The highest BCUT2D eigenvalue weighted by atomic mass is 79.9. The lowest BCUT2D eigenvalue weighted by atomic mass is 10.0. The third-order valence-electron chi connectivity index (χ3n) is 3.09. The van der Waals surface area contributed by atoms with Crippen molar-refractivity contribution in [3.8, 4) is 0 Å². The molecule has 1 aliphatic heterocycles. The van der Waals surface area contributed by atoms with Gasteiger partial charge in [-0.05, 0) is 29.3 Å². The van der Waals surface area contributed by atoms with E-state index in [0.717, 1.165) is 11.4 Å². The Balaban J connectivity index is 2.16. The van der Waals surface area contributed by atoms with Crippen LogP contribution >= 0.6 is 15.9 Å². The number of aromatic nitrogens is 2. The summed E-state index contributed by atoms with van der Waals surface area (Å²) in [4.78, 5) is 32.9. The van der Waals surface area contributed by atoms with E-state index in [1.54, 1.807) is 0 Å². The van der Waals surface area contributed by atoms with E-state index >= 15 is 0 Å². The summed E-state index contributed by atoms with van der Waals surface area (Å²) in [6.07, 6.45) is 2.24. The first-order valence-electron chi connectivity index (χ1n) is 6.36. The molecule has 1 unspecified atom stereocenters. The fraction of sp³-hybridized carbons (Fsp3) is 0.500. The molecule has 2 amide bonds. The monoisotopic (exact) mass is 341 g/mol. The summed E-state index contributed by atoms with van der Waals surface area (Å²) in [6, 6.07) is -0.446. The molecule has 1 aromatic heterocycles. The number of imide groups is 1. The Kier molecular flexibility index (Phi) is 4.53. The Morgan fingerprint density at radius 1 is 1.40 bits per heavy atom. The number of likely N-dealkylation sites (tertiary alicyclic amines) is 1. The summed E-state index contributed by atoms with van der Waals surface area (Å²) >= 11 is 3.41. The molecular formula is C12H16BrN5O2. The fourth-order valence-electron chi connectivity index (χ4n) is 1.98. The molecule has 1 saturated heterocycles. The molecule has 1 aliphatic rings. The second-order valence-electron chi connectivity index (χ2n) is 4.44. The van der Waals surface area contributed by atoms with Crippen molar-refractivity contribution in [3.05, 3.63) is 10.8 Å². The normalized spacial score (nSPS) is 19.1. The molecular weight excluding hydrogens is 326 g/mol. The van der Waals surface area contributed by atoms with Gasteiger partial charge in [-0.2, -0.15) is 0 Å². The van der Waals surface area contributed by atoms with Crippen LogP contribution in [0.4, 0.5) is 11.6 Å². The lowest BCUT2D eigenvalue weighted by molar-refractivity contribution is -0.146. The average Bonchev–Trinajstić information content (AvgIpc) is 2.44. The molecule has 7 nitrogen and oxygen atoms in total. The Morgan fingerprint density at radius 2 is 2.10 bits per heavy atom. The van der Waals surface area contributed by atoms with Gasteiger partial charge in [-0.15, -0.1) is 0 Å². The molecule has 2 rings (SSSR count). The number of hydrogen-bond acceptors (Lipinski definition) is 6. The summed E-state index contributed by atoms with van der Waals surface area (Å²) in [7, 11) is 1.50. The van der Waals surface area contributed by atoms with Crippen LogP contribution in [0.2, 0.25) is 0 Å². The smallest absolute Gasteiger partial charge is 0.251 e. The summed E-state index contributed by atoms with van der Waals surface area (Å²) < 4.78 is 0.675. The first kappa shape index (κ1) is 14.7.